The van der Waals surface area contributed by atoms with E-state index in [4.69, 9.17) is 16.3 Å². The van der Waals surface area contributed by atoms with E-state index in [1.54, 1.807) is 4.90 Å². The summed E-state index contributed by atoms with van der Waals surface area (Å²) in [5.74, 6) is 2.70. The van der Waals surface area contributed by atoms with Gasteiger partial charge >= 0.3 is 0 Å². The van der Waals surface area contributed by atoms with Crippen LogP contribution in [0, 0.1) is 12.3 Å². The summed E-state index contributed by atoms with van der Waals surface area (Å²) < 4.78 is 5.28. The van der Waals surface area contributed by atoms with Crippen molar-refractivity contribution in [1.82, 2.24) is 4.90 Å². The number of aliphatic hydroxyl groups excluding tert-OH is 1. The molecule has 1 amide bonds. The Hall–Kier alpha value is -1.05. The molecule has 1 aliphatic heterocycles. The molecule has 1 heterocycles. The minimum Gasteiger partial charge on any atom is -0.394 e. The molecular formula is C12H19NO3. The van der Waals surface area contributed by atoms with Crippen LogP contribution in [-0.2, 0) is 9.53 Å². The highest BCUT2D eigenvalue weighted by Gasteiger charge is 2.22. The topological polar surface area (TPSA) is 49.8 Å². The molecule has 0 radical (unpaired) electrons. The predicted octanol–water partition coefficient (Wildman–Crippen LogP) is 0.400. The van der Waals surface area contributed by atoms with Gasteiger partial charge in [0.1, 0.15) is 0 Å². The highest BCUT2D eigenvalue weighted by molar-refractivity contribution is 5.76. The van der Waals surface area contributed by atoms with Crippen molar-refractivity contribution in [2.75, 3.05) is 26.3 Å². The van der Waals surface area contributed by atoms with Crippen molar-refractivity contribution < 1.29 is 14.6 Å². The Kier molecular flexibility index (Phi) is 5.91. The van der Waals surface area contributed by atoms with Gasteiger partial charge in [-0.1, -0.05) is 0 Å². The van der Waals surface area contributed by atoms with Crippen LogP contribution in [-0.4, -0.2) is 48.3 Å². The Morgan fingerprint density at radius 2 is 2.38 bits per heavy atom. The van der Waals surface area contributed by atoms with E-state index in [0.29, 0.717) is 26.1 Å². The normalized spacial score (nSPS) is 20.5. The second kappa shape index (κ2) is 7.26. The maximum atomic E-state index is 11.8. The molecule has 4 heteroatoms. The van der Waals surface area contributed by atoms with Crippen LogP contribution in [0.25, 0.3) is 0 Å². The third kappa shape index (κ3) is 4.21. The van der Waals surface area contributed by atoms with Gasteiger partial charge in [-0.15, -0.1) is 12.3 Å². The zero-order valence-electron chi connectivity index (χ0n) is 9.52. The zero-order valence-corrected chi connectivity index (χ0v) is 9.52. The maximum absolute atomic E-state index is 11.8. The molecule has 1 rings (SSSR count). The highest BCUT2D eigenvalue weighted by Crippen LogP contribution is 2.08. The van der Waals surface area contributed by atoms with Crippen molar-refractivity contribution in [2.24, 2.45) is 0 Å². The maximum Gasteiger partial charge on any atom is 0.222 e. The van der Waals surface area contributed by atoms with Crippen LogP contribution in [0.5, 0.6) is 0 Å². The van der Waals surface area contributed by atoms with E-state index in [0.717, 1.165) is 19.3 Å². The Balaban J connectivity index is 2.22. The minimum atomic E-state index is -0.219. The molecule has 4 nitrogen and oxygen atoms in total. The summed E-state index contributed by atoms with van der Waals surface area (Å²) in [5.41, 5.74) is 0. The number of hydrogen-bond donors (Lipinski definition) is 1. The van der Waals surface area contributed by atoms with Gasteiger partial charge in [-0.2, -0.15) is 0 Å². The molecule has 0 aromatic rings. The number of carbonyl (C=O) groups excluding carboxylic acids is 1. The number of unbranched alkanes of at least 4 members (excludes halogenated alkanes) is 2. The molecule has 0 aliphatic carbocycles. The lowest BCUT2D eigenvalue weighted by Crippen LogP contribution is -2.46. The van der Waals surface area contributed by atoms with E-state index in [1.807, 2.05) is 0 Å². The van der Waals surface area contributed by atoms with Gasteiger partial charge in [0, 0.05) is 25.9 Å². The van der Waals surface area contributed by atoms with Crippen LogP contribution in [0.4, 0.5) is 0 Å². The lowest BCUT2D eigenvalue weighted by Gasteiger charge is -2.32. The number of ether oxygens (including phenoxy) is 1. The van der Waals surface area contributed by atoms with Gasteiger partial charge in [0.2, 0.25) is 5.91 Å². The molecule has 0 saturated carbocycles. The molecule has 0 aromatic heterocycles. The van der Waals surface area contributed by atoms with Crippen molar-refractivity contribution in [3.63, 3.8) is 0 Å². The van der Waals surface area contributed by atoms with Crippen molar-refractivity contribution in [2.45, 2.75) is 31.8 Å². The standard InChI is InChI=1S/C12H19NO3/c1-2-3-4-5-6-12(15)13-7-8-16-11(9-13)10-14/h1,11,14H,3-10H2. The predicted molar refractivity (Wildman–Crippen MR) is 60.7 cm³/mol. The zero-order chi connectivity index (χ0) is 11.8. The van der Waals surface area contributed by atoms with E-state index >= 15 is 0 Å². The summed E-state index contributed by atoms with van der Waals surface area (Å²) in [7, 11) is 0. The molecule has 0 bridgehead atoms. The van der Waals surface area contributed by atoms with Gasteiger partial charge in [-0.3, -0.25) is 4.79 Å². The van der Waals surface area contributed by atoms with E-state index in [-0.39, 0.29) is 18.6 Å². The second-order valence-corrected chi connectivity index (χ2v) is 3.93. The number of carbonyl (C=O) groups is 1. The molecule has 1 unspecified atom stereocenters. The first-order chi connectivity index (χ1) is 7.77. The fourth-order valence-corrected chi connectivity index (χ4v) is 1.72. The number of nitrogens with zero attached hydrogens (tertiary/aromatic N) is 1. The average molecular weight is 225 g/mol. The molecule has 90 valence electrons. The Morgan fingerprint density at radius 3 is 3.06 bits per heavy atom. The highest BCUT2D eigenvalue weighted by atomic mass is 16.5. The Labute approximate surface area is 96.6 Å². The summed E-state index contributed by atoms with van der Waals surface area (Å²) in [6.07, 6.45) is 7.93. The first-order valence-corrected chi connectivity index (χ1v) is 5.71. The van der Waals surface area contributed by atoms with Crippen molar-refractivity contribution in [3.05, 3.63) is 0 Å². The summed E-state index contributed by atoms with van der Waals surface area (Å²) in [6, 6.07) is 0. The lowest BCUT2D eigenvalue weighted by atomic mass is 10.1. The van der Waals surface area contributed by atoms with Crippen LogP contribution < -0.4 is 0 Å². The minimum absolute atomic E-state index is 0.0269. The van der Waals surface area contributed by atoms with Gasteiger partial charge in [0.25, 0.3) is 0 Å². The molecule has 0 aromatic carbocycles. The largest absolute Gasteiger partial charge is 0.394 e. The van der Waals surface area contributed by atoms with E-state index < -0.39 is 0 Å². The van der Waals surface area contributed by atoms with Crippen molar-refractivity contribution >= 4 is 5.91 Å². The molecule has 1 aliphatic rings. The molecule has 1 atom stereocenters. The van der Waals surface area contributed by atoms with Crippen LogP contribution in [0.1, 0.15) is 25.7 Å². The fraction of sp³-hybridized carbons (Fsp3) is 0.750. The molecular weight excluding hydrogens is 206 g/mol. The van der Waals surface area contributed by atoms with Crippen LogP contribution in [0.15, 0.2) is 0 Å². The Bertz CT molecular complexity index is 259. The summed E-state index contributed by atoms with van der Waals surface area (Å²) in [5, 5.41) is 8.95. The molecule has 1 N–H and O–H groups in total. The summed E-state index contributed by atoms with van der Waals surface area (Å²) in [6.45, 7) is 1.62. The molecule has 1 fully saturated rings. The SMILES string of the molecule is C#CCCCCC(=O)N1CCOC(CO)C1. The van der Waals surface area contributed by atoms with E-state index in [1.165, 1.54) is 0 Å². The number of terminal acetylenes is 1. The first-order valence-electron chi connectivity index (χ1n) is 5.71. The lowest BCUT2D eigenvalue weighted by molar-refractivity contribution is -0.140. The number of aliphatic hydroxyl groups is 1. The first kappa shape index (κ1) is 13.0. The number of hydrogen-bond acceptors (Lipinski definition) is 3. The van der Waals surface area contributed by atoms with Gasteiger partial charge in [0.15, 0.2) is 0 Å². The average Bonchev–Trinajstić information content (AvgIpc) is 2.34. The number of morpholine rings is 1. The summed E-state index contributed by atoms with van der Waals surface area (Å²) in [4.78, 5) is 13.5. The third-order valence-electron chi connectivity index (χ3n) is 2.66. The Morgan fingerprint density at radius 1 is 1.56 bits per heavy atom. The van der Waals surface area contributed by atoms with Gasteiger partial charge in [0.05, 0.1) is 19.3 Å². The van der Waals surface area contributed by atoms with Crippen LogP contribution in [0.3, 0.4) is 0 Å². The number of amides is 1. The number of rotatable bonds is 5. The van der Waals surface area contributed by atoms with Gasteiger partial charge in [-0.05, 0) is 12.8 Å². The van der Waals surface area contributed by atoms with Crippen molar-refractivity contribution in [3.8, 4) is 12.3 Å². The quantitative estimate of drug-likeness (QED) is 0.544. The second-order valence-electron chi connectivity index (χ2n) is 3.93. The van der Waals surface area contributed by atoms with E-state index in [9.17, 15) is 4.79 Å². The van der Waals surface area contributed by atoms with Gasteiger partial charge in [-0.25, -0.2) is 0 Å². The van der Waals surface area contributed by atoms with Crippen LogP contribution in [0.2, 0.25) is 0 Å². The molecule has 1 saturated heterocycles. The van der Waals surface area contributed by atoms with Gasteiger partial charge < -0.3 is 14.7 Å². The van der Waals surface area contributed by atoms with E-state index in [2.05, 4.69) is 5.92 Å². The van der Waals surface area contributed by atoms with Crippen molar-refractivity contribution in [1.29, 1.82) is 0 Å². The monoisotopic (exact) mass is 225 g/mol. The smallest absolute Gasteiger partial charge is 0.222 e. The third-order valence-corrected chi connectivity index (χ3v) is 2.66. The molecule has 0 spiro atoms. The molecule has 16 heavy (non-hydrogen) atoms. The summed E-state index contributed by atoms with van der Waals surface area (Å²) >= 11 is 0. The van der Waals surface area contributed by atoms with Crippen LogP contribution >= 0.6 is 0 Å². The fourth-order valence-electron chi connectivity index (χ4n) is 1.72.